The average molecular weight is 301 g/mol. The molecular formula is C16H19N3O3. The van der Waals surface area contributed by atoms with E-state index in [2.05, 4.69) is 10.3 Å². The third-order valence-corrected chi connectivity index (χ3v) is 3.84. The first-order valence-electron chi connectivity index (χ1n) is 7.31. The molecule has 22 heavy (non-hydrogen) atoms. The summed E-state index contributed by atoms with van der Waals surface area (Å²) in [5.74, 6) is 1.33. The molecule has 0 aliphatic carbocycles. The zero-order valence-electron chi connectivity index (χ0n) is 12.7. The van der Waals surface area contributed by atoms with E-state index in [-0.39, 0.29) is 6.03 Å². The summed E-state index contributed by atoms with van der Waals surface area (Å²) in [7, 11) is 0. The summed E-state index contributed by atoms with van der Waals surface area (Å²) in [5.41, 5.74) is 2.35. The number of β-amino-alcohol motifs (C(OH)–C–C–N with tert-alkyl or cyclic N) is 1. The van der Waals surface area contributed by atoms with Crippen LogP contribution in [0.2, 0.25) is 0 Å². The second-order valence-electron chi connectivity index (χ2n) is 5.56. The average Bonchev–Trinajstić information content (AvgIpc) is 3.06. The fourth-order valence-electron chi connectivity index (χ4n) is 2.46. The van der Waals surface area contributed by atoms with E-state index in [1.165, 1.54) is 0 Å². The van der Waals surface area contributed by atoms with Gasteiger partial charge in [0.2, 0.25) is 5.89 Å². The molecule has 6 heteroatoms. The van der Waals surface area contributed by atoms with Crippen molar-refractivity contribution < 1.29 is 14.3 Å². The molecule has 0 unspecified atom stereocenters. The molecule has 1 aliphatic rings. The molecular weight excluding hydrogens is 282 g/mol. The number of nitrogens with one attached hydrogen (secondary N) is 1. The van der Waals surface area contributed by atoms with Crippen molar-refractivity contribution >= 4 is 11.7 Å². The molecule has 1 saturated heterocycles. The lowest BCUT2D eigenvalue weighted by Crippen LogP contribution is -2.33. The van der Waals surface area contributed by atoms with E-state index in [0.29, 0.717) is 31.1 Å². The van der Waals surface area contributed by atoms with Crippen LogP contribution in [0.5, 0.6) is 0 Å². The van der Waals surface area contributed by atoms with Gasteiger partial charge in [-0.25, -0.2) is 9.78 Å². The van der Waals surface area contributed by atoms with Gasteiger partial charge in [-0.15, -0.1) is 0 Å². The summed E-state index contributed by atoms with van der Waals surface area (Å²) in [4.78, 5) is 18.1. The summed E-state index contributed by atoms with van der Waals surface area (Å²) in [6.45, 7) is 4.72. The number of urea groups is 1. The number of carbonyl (C=O) groups is 1. The second kappa shape index (κ2) is 5.81. The van der Waals surface area contributed by atoms with Crippen LogP contribution in [-0.4, -0.2) is 40.2 Å². The number of anilines is 1. The zero-order valence-corrected chi connectivity index (χ0v) is 12.7. The Morgan fingerprint density at radius 3 is 2.91 bits per heavy atom. The number of aliphatic hydroxyl groups excluding tert-OH is 1. The van der Waals surface area contributed by atoms with Crippen LogP contribution in [0, 0.1) is 13.8 Å². The molecule has 1 aromatic carbocycles. The summed E-state index contributed by atoms with van der Waals surface area (Å²) < 4.78 is 5.61. The van der Waals surface area contributed by atoms with Gasteiger partial charge in [-0.2, -0.15) is 0 Å². The van der Waals surface area contributed by atoms with Gasteiger partial charge in [-0.1, -0.05) is 6.07 Å². The molecule has 116 valence electrons. The van der Waals surface area contributed by atoms with Gasteiger partial charge < -0.3 is 19.7 Å². The Balaban J connectivity index is 1.75. The van der Waals surface area contributed by atoms with Gasteiger partial charge in [-0.05, 0) is 38.5 Å². The Morgan fingerprint density at radius 1 is 1.45 bits per heavy atom. The number of aryl methyl sites for hydroxylation is 2. The Morgan fingerprint density at radius 2 is 2.27 bits per heavy atom. The SMILES string of the molecule is Cc1nc(-c2cccc(NC(=O)N3CC[C@@H](O)C3)c2)oc1C. The first kappa shape index (κ1) is 14.6. The first-order chi connectivity index (χ1) is 10.5. The van der Waals surface area contributed by atoms with Crippen molar-refractivity contribution in [2.45, 2.75) is 26.4 Å². The van der Waals surface area contributed by atoms with Gasteiger partial charge in [0, 0.05) is 24.3 Å². The highest BCUT2D eigenvalue weighted by Gasteiger charge is 2.24. The van der Waals surface area contributed by atoms with Crippen LogP contribution < -0.4 is 5.32 Å². The van der Waals surface area contributed by atoms with Gasteiger partial charge in [0.25, 0.3) is 0 Å². The summed E-state index contributed by atoms with van der Waals surface area (Å²) in [6.07, 6.45) is 0.206. The lowest BCUT2D eigenvalue weighted by Gasteiger charge is -2.16. The fourth-order valence-corrected chi connectivity index (χ4v) is 2.46. The Hall–Kier alpha value is -2.34. The number of aliphatic hydroxyl groups is 1. The highest BCUT2D eigenvalue weighted by Crippen LogP contribution is 2.24. The summed E-state index contributed by atoms with van der Waals surface area (Å²) in [6, 6.07) is 7.18. The molecule has 1 atom stereocenters. The number of amides is 2. The van der Waals surface area contributed by atoms with E-state index in [9.17, 15) is 9.90 Å². The lowest BCUT2D eigenvalue weighted by atomic mass is 10.2. The Labute approximate surface area is 128 Å². The molecule has 1 aromatic heterocycles. The van der Waals surface area contributed by atoms with Crippen LogP contribution in [0.4, 0.5) is 10.5 Å². The number of hydrogen-bond acceptors (Lipinski definition) is 4. The molecule has 0 bridgehead atoms. The van der Waals surface area contributed by atoms with Gasteiger partial charge in [0.15, 0.2) is 0 Å². The summed E-state index contributed by atoms with van der Waals surface area (Å²) >= 11 is 0. The van der Waals surface area contributed by atoms with Crippen molar-refractivity contribution in [2.24, 2.45) is 0 Å². The predicted octanol–water partition coefficient (Wildman–Crippen LogP) is 2.56. The van der Waals surface area contributed by atoms with Crippen molar-refractivity contribution in [3.63, 3.8) is 0 Å². The zero-order chi connectivity index (χ0) is 15.7. The first-order valence-corrected chi connectivity index (χ1v) is 7.31. The Kier molecular flexibility index (Phi) is 3.85. The van der Waals surface area contributed by atoms with Crippen molar-refractivity contribution in [3.8, 4) is 11.5 Å². The number of nitrogens with zero attached hydrogens (tertiary/aromatic N) is 2. The van der Waals surface area contributed by atoms with Gasteiger partial charge in [0.05, 0.1) is 11.8 Å². The number of hydrogen-bond donors (Lipinski definition) is 2. The third-order valence-electron chi connectivity index (χ3n) is 3.84. The van der Waals surface area contributed by atoms with Crippen molar-refractivity contribution in [1.29, 1.82) is 0 Å². The van der Waals surface area contributed by atoms with Crippen LogP contribution in [0.3, 0.4) is 0 Å². The predicted molar refractivity (Wildman–Crippen MR) is 82.6 cm³/mol. The monoisotopic (exact) mass is 301 g/mol. The maximum Gasteiger partial charge on any atom is 0.321 e. The number of oxazole rings is 1. The third kappa shape index (κ3) is 2.96. The number of aromatic nitrogens is 1. The normalized spacial score (nSPS) is 17.8. The van der Waals surface area contributed by atoms with Gasteiger partial charge in [0.1, 0.15) is 5.76 Å². The highest BCUT2D eigenvalue weighted by atomic mass is 16.4. The topological polar surface area (TPSA) is 78.6 Å². The molecule has 2 heterocycles. The van der Waals surface area contributed by atoms with E-state index in [4.69, 9.17) is 4.42 Å². The van der Waals surface area contributed by atoms with E-state index in [1.54, 1.807) is 4.90 Å². The quantitative estimate of drug-likeness (QED) is 0.893. The maximum absolute atomic E-state index is 12.1. The standard InChI is InChI=1S/C16H19N3O3/c1-10-11(2)22-15(17-10)12-4-3-5-13(8-12)18-16(21)19-7-6-14(20)9-19/h3-5,8,14,20H,6-7,9H2,1-2H3,(H,18,21)/t14-/m1/s1. The molecule has 1 aliphatic heterocycles. The number of rotatable bonds is 2. The minimum atomic E-state index is -0.421. The molecule has 2 amide bonds. The van der Waals surface area contributed by atoms with Crippen LogP contribution in [0.1, 0.15) is 17.9 Å². The van der Waals surface area contributed by atoms with Crippen molar-refractivity contribution in [1.82, 2.24) is 9.88 Å². The van der Waals surface area contributed by atoms with Gasteiger partial charge in [-0.3, -0.25) is 0 Å². The van der Waals surface area contributed by atoms with Crippen molar-refractivity contribution in [3.05, 3.63) is 35.7 Å². The minimum Gasteiger partial charge on any atom is -0.441 e. The maximum atomic E-state index is 12.1. The molecule has 2 N–H and O–H groups in total. The summed E-state index contributed by atoms with van der Waals surface area (Å²) in [5, 5.41) is 12.3. The molecule has 0 radical (unpaired) electrons. The van der Waals surface area contributed by atoms with E-state index in [0.717, 1.165) is 17.0 Å². The molecule has 3 rings (SSSR count). The van der Waals surface area contributed by atoms with Crippen LogP contribution in [0.15, 0.2) is 28.7 Å². The van der Waals surface area contributed by atoms with E-state index in [1.807, 2.05) is 38.1 Å². The lowest BCUT2D eigenvalue weighted by molar-refractivity contribution is 0.176. The Bertz CT molecular complexity index is 676. The molecule has 1 fully saturated rings. The molecule has 0 saturated carbocycles. The smallest absolute Gasteiger partial charge is 0.321 e. The molecule has 6 nitrogen and oxygen atoms in total. The largest absolute Gasteiger partial charge is 0.441 e. The van der Waals surface area contributed by atoms with Crippen LogP contribution in [-0.2, 0) is 0 Å². The second-order valence-corrected chi connectivity index (χ2v) is 5.56. The van der Waals surface area contributed by atoms with Crippen LogP contribution >= 0.6 is 0 Å². The van der Waals surface area contributed by atoms with E-state index >= 15 is 0 Å². The van der Waals surface area contributed by atoms with Gasteiger partial charge >= 0.3 is 6.03 Å². The van der Waals surface area contributed by atoms with Crippen LogP contribution in [0.25, 0.3) is 11.5 Å². The molecule has 0 spiro atoms. The fraction of sp³-hybridized carbons (Fsp3) is 0.375. The number of benzene rings is 1. The van der Waals surface area contributed by atoms with E-state index < -0.39 is 6.10 Å². The minimum absolute atomic E-state index is 0.200. The van der Waals surface area contributed by atoms with Crippen molar-refractivity contribution in [2.75, 3.05) is 18.4 Å². The molecule has 2 aromatic rings. The number of carbonyl (C=O) groups excluding carboxylic acids is 1. The number of likely N-dealkylation sites (tertiary alicyclic amines) is 1. The highest BCUT2D eigenvalue weighted by molar-refractivity contribution is 5.90.